The van der Waals surface area contributed by atoms with Crippen molar-refractivity contribution in [3.63, 3.8) is 0 Å². The average molecular weight is 202 g/mol. The third kappa shape index (κ3) is 9.52. The van der Waals surface area contributed by atoms with E-state index in [1.165, 1.54) is 0 Å². The fraction of sp³-hybridized carbons (Fsp3) is 0.909. The van der Waals surface area contributed by atoms with Crippen LogP contribution in [0.3, 0.4) is 0 Å². The van der Waals surface area contributed by atoms with Gasteiger partial charge in [-0.05, 0) is 32.6 Å². The minimum Gasteiger partial charge on any atom is -0.481 e. The van der Waals surface area contributed by atoms with E-state index < -0.39 is 5.97 Å². The van der Waals surface area contributed by atoms with Crippen molar-refractivity contribution in [2.75, 3.05) is 6.61 Å². The third-order valence-corrected chi connectivity index (χ3v) is 2.15. The highest BCUT2D eigenvalue weighted by Gasteiger charge is 2.04. The normalized spacial score (nSPS) is 13.1. The monoisotopic (exact) mass is 202 g/mol. The smallest absolute Gasteiger partial charge is 0.303 e. The quantitative estimate of drug-likeness (QED) is 0.658. The van der Waals surface area contributed by atoms with Crippen LogP contribution in [-0.2, 0) is 9.53 Å². The van der Waals surface area contributed by atoms with Gasteiger partial charge in [0.25, 0.3) is 0 Å². The molecule has 0 radical (unpaired) electrons. The van der Waals surface area contributed by atoms with Gasteiger partial charge in [0.15, 0.2) is 0 Å². The first-order valence-corrected chi connectivity index (χ1v) is 5.35. The predicted octanol–water partition coefficient (Wildman–Crippen LogP) is 2.69. The number of ether oxygens (including phenoxy) is 1. The molecule has 1 unspecified atom stereocenters. The summed E-state index contributed by atoms with van der Waals surface area (Å²) in [5, 5.41) is 8.45. The highest BCUT2D eigenvalue weighted by atomic mass is 16.5. The van der Waals surface area contributed by atoms with E-state index in [0.29, 0.717) is 12.0 Å². The number of rotatable bonds is 8. The van der Waals surface area contributed by atoms with E-state index >= 15 is 0 Å². The molecular weight excluding hydrogens is 180 g/mol. The zero-order chi connectivity index (χ0) is 11.0. The first kappa shape index (κ1) is 13.4. The minimum atomic E-state index is -0.698. The molecule has 0 aliphatic rings. The number of carboxylic acids is 1. The van der Waals surface area contributed by atoms with Crippen LogP contribution in [0.25, 0.3) is 0 Å². The lowest BCUT2D eigenvalue weighted by Gasteiger charge is -2.12. The molecule has 0 bridgehead atoms. The first-order valence-electron chi connectivity index (χ1n) is 5.35. The molecule has 0 aromatic carbocycles. The van der Waals surface area contributed by atoms with Crippen molar-refractivity contribution < 1.29 is 14.6 Å². The Morgan fingerprint density at radius 3 is 2.43 bits per heavy atom. The maximum absolute atomic E-state index is 10.3. The molecule has 3 nitrogen and oxygen atoms in total. The maximum atomic E-state index is 10.3. The van der Waals surface area contributed by atoms with Gasteiger partial charge in [-0.1, -0.05) is 13.3 Å². The maximum Gasteiger partial charge on any atom is 0.303 e. The fourth-order valence-electron chi connectivity index (χ4n) is 1.25. The predicted molar refractivity (Wildman–Crippen MR) is 56.4 cm³/mol. The van der Waals surface area contributed by atoms with Gasteiger partial charge in [0.1, 0.15) is 0 Å². The van der Waals surface area contributed by atoms with E-state index in [1.54, 1.807) is 0 Å². The van der Waals surface area contributed by atoms with E-state index in [4.69, 9.17) is 9.84 Å². The first-order chi connectivity index (χ1) is 6.52. The highest BCUT2D eigenvalue weighted by Crippen LogP contribution is 2.12. The van der Waals surface area contributed by atoms with Crippen molar-refractivity contribution in [3.8, 4) is 0 Å². The molecule has 1 atom stereocenters. The Morgan fingerprint density at radius 1 is 1.29 bits per heavy atom. The number of hydrogen-bond donors (Lipinski definition) is 1. The van der Waals surface area contributed by atoms with Crippen molar-refractivity contribution in [1.29, 1.82) is 0 Å². The zero-order valence-electron chi connectivity index (χ0n) is 9.45. The Labute approximate surface area is 86.5 Å². The molecular formula is C11H22O3. The Hall–Kier alpha value is -0.570. The van der Waals surface area contributed by atoms with Crippen LogP contribution in [0.1, 0.15) is 46.5 Å². The van der Waals surface area contributed by atoms with Crippen molar-refractivity contribution in [3.05, 3.63) is 0 Å². The van der Waals surface area contributed by atoms with Gasteiger partial charge < -0.3 is 9.84 Å². The van der Waals surface area contributed by atoms with Crippen LogP contribution in [0.4, 0.5) is 0 Å². The number of carbonyl (C=O) groups is 1. The lowest BCUT2D eigenvalue weighted by Crippen LogP contribution is -2.08. The summed E-state index contributed by atoms with van der Waals surface area (Å²) in [6.45, 7) is 6.97. The molecule has 0 aliphatic carbocycles. The minimum absolute atomic E-state index is 0.287. The summed E-state index contributed by atoms with van der Waals surface area (Å²) in [6.07, 6.45) is 3.36. The van der Waals surface area contributed by atoms with Crippen molar-refractivity contribution in [2.45, 2.75) is 52.6 Å². The Bertz CT molecular complexity index is 155. The van der Waals surface area contributed by atoms with Gasteiger partial charge >= 0.3 is 5.97 Å². The van der Waals surface area contributed by atoms with Gasteiger partial charge in [0, 0.05) is 13.0 Å². The largest absolute Gasteiger partial charge is 0.481 e. The van der Waals surface area contributed by atoms with Crippen LogP contribution in [0, 0.1) is 5.92 Å². The third-order valence-electron chi connectivity index (χ3n) is 2.15. The number of hydrogen-bond acceptors (Lipinski definition) is 2. The van der Waals surface area contributed by atoms with Crippen LogP contribution in [-0.4, -0.2) is 23.8 Å². The molecule has 0 heterocycles. The van der Waals surface area contributed by atoms with Gasteiger partial charge in [-0.25, -0.2) is 0 Å². The van der Waals surface area contributed by atoms with Crippen LogP contribution in [0.5, 0.6) is 0 Å². The van der Waals surface area contributed by atoms with Crippen LogP contribution in [0.2, 0.25) is 0 Å². The summed E-state index contributed by atoms with van der Waals surface area (Å²) >= 11 is 0. The molecule has 0 aromatic rings. The standard InChI is InChI=1S/C11H22O3/c1-9(2)14-8-7-10(3)5-4-6-11(12)13/h9-10H,4-8H2,1-3H3,(H,12,13). The lowest BCUT2D eigenvalue weighted by atomic mass is 10.0. The second kappa shape index (κ2) is 7.80. The summed E-state index contributed by atoms with van der Waals surface area (Å²) in [6, 6.07) is 0. The summed E-state index contributed by atoms with van der Waals surface area (Å²) in [7, 11) is 0. The van der Waals surface area contributed by atoms with Crippen LogP contribution < -0.4 is 0 Å². The fourth-order valence-corrected chi connectivity index (χ4v) is 1.25. The molecule has 0 fully saturated rings. The second-order valence-corrected chi connectivity index (χ2v) is 4.10. The number of aliphatic carboxylic acids is 1. The Kier molecular flexibility index (Phi) is 7.48. The molecule has 0 spiro atoms. The van der Waals surface area contributed by atoms with E-state index in [-0.39, 0.29) is 6.42 Å². The summed E-state index contributed by atoms with van der Waals surface area (Å²) in [5.41, 5.74) is 0. The molecule has 1 N–H and O–H groups in total. The zero-order valence-corrected chi connectivity index (χ0v) is 9.45. The summed E-state index contributed by atoms with van der Waals surface area (Å²) in [5.74, 6) is -0.135. The average Bonchev–Trinajstić information content (AvgIpc) is 2.02. The van der Waals surface area contributed by atoms with Gasteiger partial charge in [-0.2, -0.15) is 0 Å². The van der Waals surface area contributed by atoms with E-state index in [0.717, 1.165) is 25.9 Å². The van der Waals surface area contributed by atoms with Crippen LogP contribution >= 0.6 is 0 Å². The van der Waals surface area contributed by atoms with Gasteiger partial charge in [0.2, 0.25) is 0 Å². The van der Waals surface area contributed by atoms with Crippen LogP contribution in [0.15, 0.2) is 0 Å². The molecule has 0 rings (SSSR count). The highest BCUT2D eigenvalue weighted by molar-refractivity contribution is 5.66. The van der Waals surface area contributed by atoms with E-state index in [1.807, 2.05) is 13.8 Å². The molecule has 3 heteroatoms. The molecule has 0 saturated heterocycles. The Balaban J connectivity index is 3.27. The van der Waals surface area contributed by atoms with Crippen molar-refractivity contribution in [1.82, 2.24) is 0 Å². The van der Waals surface area contributed by atoms with Crippen molar-refractivity contribution >= 4 is 5.97 Å². The topological polar surface area (TPSA) is 46.5 Å². The van der Waals surface area contributed by atoms with E-state index in [2.05, 4.69) is 6.92 Å². The molecule has 0 saturated carbocycles. The van der Waals surface area contributed by atoms with Gasteiger partial charge in [-0.15, -0.1) is 0 Å². The Morgan fingerprint density at radius 2 is 1.93 bits per heavy atom. The molecule has 0 aromatic heterocycles. The lowest BCUT2D eigenvalue weighted by molar-refractivity contribution is -0.137. The van der Waals surface area contributed by atoms with Gasteiger partial charge in [0.05, 0.1) is 6.10 Å². The SMILES string of the molecule is CC(CCCC(=O)O)CCOC(C)C. The van der Waals surface area contributed by atoms with E-state index in [9.17, 15) is 4.79 Å². The second-order valence-electron chi connectivity index (χ2n) is 4.10. The van der Waals surface area contributed by atoms with Crippen molar-refractivity contribution in [2.24, 2.45) is 5.92 Å². The summed E-state index contributed by atoms with van der Waals surface area (Å²) in [4.78, 5) is 10.3. The summed E-state index contributed by atoms with van der Waals surface area (Å²) < 4.78 is 5.42. The molecule has 0 amide bonds. The molecule has 14 heavy (non-hydrogen) atoms. The number of carboxylic acid groups (broad SMARTS) is 1. The molecule has 0 aliphatic heterocycles. The molecule has 84 valence electrons. The van der Waals surface area contributed by atoms with Gasteiger partial charge in [-0.3, -0.25) is 4.79 Å².